The first-order valence-electron chi connectivity index (χ1n) is 25.0. The third kappa shape index (κ3) is 42.1. The molecule has 0 amide bonds. The molecule has 8 nitrogen and oxygen atoms in total. The maximum atomic E-state index is 12.7. The first kappa shape index (κ1) is 58.8. The summed E-state index contributed by atoms with van der Waals surface area (Å²) in [6.07, 6.45) is 56.6. The lowest BCUT2D eigenvalue weighted by Gasteiger charge is -2.34. The zero-order valence-corrected chi connectivity index (χ0v) is 40.5. The molecule has 0 saturated heterocycles. The predicted octanol–water partition coefficient (Wildman–Crippen LogP) is 13.0. The number of hydrogen-bond donors (Lipinski definition) is 0. The average Bonchev–Trinajstić information content (AvgIpc) is 3.23. The summed E-state index contributed by atoms with van der Waals surface area (Å²) in [5, 5.41) is 11.7. The normalized spacial score (nSPS) is 13.5. The Balaban J connectivity index is 4.37. The van der Waals surface area contributed by atoms with Gasteiger partial charge in [-0.3, -0.25) is 9.59 Å². The number of esters is 2. The van der Waals surface area contributed by atoms with Crippen molar-refractivity contribution in [2.24, 2.45) is 0 Å². The Bertz CT molecular complexity index is 1240. The molecule has 0 aliphatic rings. The fraction of sp³-hybridized carbons (Fsp3) is 0.722. The number of allylic oxidation sites excluding steroid dienone is 12. The van der Waals surface area contributed by atoms with Gasteiger partial charge in [0.05, 0.1) is 40.3 Å². The van der Waals surface area contributed by atoms with Crippen LogP contribution in [0.5, 0.6) is 0 Å². The molecule has 0 spiro atoms. The molecule has 0 aromatic rings. The van der Waals surface area contributed by atoms with E-state index in [0.29, 0.717) is 12.8 Å². The van der Waals surface area contributed by atoms with E-state index in [2.05, 4.69) is 74.6 Å². The molecular weight excluding hydrogens is 775 g/mol. The summed E-state index contributed by atoms with van der Waals surface area (Å²) in [6.45, 7) is 4.48. The summed E-state index contributed by atoms with van der Waals surface area (Å²) in [5.74, 6) is -1.84. The second-order valence-corrected chi connectivity index (χ2v) is 17.7. The highest BCUT2D eigenvalue weighted by Gasteiger charge is 2.25. The lowest BCUT2D eigenvalue weighted by Crippen LogP contribution is -2.55. The molecule has 0 bridgehead atoms. The number of rotatable bonds is 44. The zero-order chi connectivity index (χ0) is 45.6. The SMILES string of the molecule is CC/C=C/C/C=C/C/C=C/C/C=C/C/C=C/C/C=C/CCC(=O)OC(COCCC(C(=O)[O-])[N+](C)(C)C)COC(=O)CCCCCCCCCCCCCCCCCCCCC. The summed E-state index contributed by atoms with van der Waals surface area (Å²) < 4.78 is 17.1. The first-order valence-corrected chi connectivity index (χ1v) is 25.0. The number of ether oxygens (including phenoxy) is 3. The Morgan fingerprint density at radius 1 is 0.500 bits per heavy atom. The molecule has 356 valence electrons. The van der Waals surface area contributed by atoms with Gasteiger partial charge in [-0.05, 0) is 51.4 Å². The Kier molecular flexibility index (Phi) is 42.1. The van der Waals surface area contributed by atoms with Crippen molar-refractivity contribution < 1.29 is 38.2 Å². The lowest BCUT2D eigenvalue weighted by atomic mass is 10.0. The van der Waals surface area contributed by atoms with E-state index in [1.165, 1.54) is 103 Å². The molecular formula is C54H93NO7. The van der Waals surface area contributed by atoms with E-state index in [9.17, 15) is 19.5 Å². The Labute approximate surface area is 381 Å². The fourth-order valence-corrected chi connectivity index (χ4v) is 7.04. The standard InChI is InChI=1S/C54H93NO7/c1-6-8-10-12-14-16-18-20-22-24-26-28-30-32-34-36-38-40-42-44-52(56)61-49-50(48-60-47-46-51(54(58)59)55(3,4)5)62-53(57)45-43-41-39-37-35-33-31-29-27-25-23-21-19-17-15-13-11-9-7-2/h9,11,15,17,21,23,27,29,33,35,39,41,50-51H,6-8,10,12-14,16,18-20,22,24-26,28,30-32,34,36-38,40,42-49H2,1-5H3/b11-9+,17-15+,23-21+,29-27+,35-33+,41-39+. The van der Waals surface area contributed by atoms with Crippen molar-refractivity contribution in [3.05, 3.63) is 72.9 Å². The highest BCUT2D eigenvalue weighted by Crippen LogP contribution is 2.15. The van der Waals surface area contributed by atoms with Gasteiger partial charge in [0, 0.05) is 19.3 Å². The second-order valence-electron chi connectivity index (χ2n) is 17.7. The molecule has 0 aromatic carbocycles. The predicted molar refractivity (Wildman–Crippen MR) is 259 cm³/mol. The van der Waals surface area contributed by atoms with Crippen molar-refractivity contribution in [3.8, 4) is 0 Å². The van der Waals surface area contributed by atoms with Crippen molar-refractivity contribution in [1.29, 1.82) is 0 Å². The van der Waals surface area contributed by atoms with Crippen molar-refractivity contribution in [2.75, 3.05) is 41.0 Å². The van der Waals surface area contributed by atoms with Gasteiger partial charge in [-0.15, -0.1) is 0 Å². The van der Waals surface area contributed by atoms with Crippen LogP contribution in [0.25, 0.3) is 0 Å². The molecule has 0 radical (unpaired) electrons. The maximum absolute atomic E-state index is 12.7. The second kappa shape index (κ2) is 44.4. The summed E-state index contributed by atoms with van der Waals surface area (Å²) in [5.41, 5.74) is 0. The van der Waals surface area contributed by atoms with E-state index < -0.39 is 24.1 Å². The molecule has 0 heterocycles. The summed E-state index contributed by atoms with van der Waals surface area (Å²) in [4.78, 5) is 37.0. The van der Waals surface area contributed by atoms with Crippen LogP contribution in [-0.2, 0) is 28.6 Å². The largest absolute Gasteiger partial charge is 0.544 e. The van der Waals surface area contributed by atoms with Crippen LogP contribution in [0.2, 0.25) is 0 Å². The maximum Gasteiger partial charge on any atom is 0.306 e. The van der Waals surface area contributed by atoms with Crippen molar-refractivity contribution >= 4 is 17.9 Å². The minimum atomic E-state index is -1.14. The number of carboxylic acids is 1. The van der Waals surface area contributed by atoms with E-state index in [-0.39, 0.29) is 43.1 Å². The van der Waals surface area contributed by atoms with Gasteiger partial charge in [0.2, 0.25) is 0 Å². The molecule has 0 aromatic heterocycles. The first-order chi connectivity index (χ1) is 30.1. The molecule has 2 unspecified atom stereocenters. The Morgan fingerprint density at radius 3 is 1.31 bits per heavy atom. The highest BCUT2D eigenvalue weighted by atomic mass is 16.6. The van der Waals surface area contributed by atoms with Gasteiger partial charge in [0.1, 0.15) is 12.6 Å². The molecule has 0 aliphatic heterocycles. The van der Waals surface area contributed by atoms with Crippen LogP contribution in [0.4, 0.5) is 0 Å². The number of carbonyl (C=O) groups is 3. The van der Waals surface area contributed by atoms with Crippen LogP contribution in [0, 0.1) is 0 Å². The van der Waals surface area contributed by atoms with Gasteiger partial charge in [-0.1, -0.05) is 202 Å². The fourth-order valence-electron chi connectivity index (χ4n) is 7.04. The Hall–Kier alpha value is -3.23. The monoisotopic (exact) mass is 868 g/mol. The third-order valence-electron chi connectivity index (χ3n) is 10.9. The number of hydrogen-bond acceptors (Lipinski definition) is 7. The van der Waals surface area contributed by atoms with Gasteiger partial charge in [-0.2, -0.15) is 0 Å². The number of aliphatic carboxylic acids is 1. The van der Waals surface area contributed by atoms with Gasteiger partial charge in [0.15, 0.2) is 6.10 Å². The molecule has 8 heteroatoms. The van der Waals surface area contributed by atoms with Gasteiger partial charge in [0.25, 0.3) is 0 Å². The molecule has 0 aliphatic carbocycles. The molecule has 0 fully saturated rings. The minimum absolute atomic E-state index is 0.00902. The van der Waals surface area contributed by atoms with Gasteiger partial charge in [-0.25, -0.2) is 0 Å². The van der Waals surface area contributed by atoms with Crippen LogP contribution in [0.15, 0.2) is 72.9 Å². The van der Waals surface area contributed by atoms with Crippen LogP contribution in [-0.4, -0.2) is 75.5 Å². The van der Waals surface area contributed by atoms with Gasteiger partial charge < -0.3 is 28.6 Å². The number of carboxylic acid groups (broad SMARTS) is 1. The quantitative estimate of drug-likeness (QED) is 0.0260. The number of nitrogens with zero attached hydrogens (tertiary/aromatic N) is 1. The van der Waals surface area contributed by atoms with E-state index in [1.54, 1.807) is 21.1 Å². The Morgan fingerprint density at radius 2 is 0.903 bits per heavy atom. The highest BCUT2D eigenvalue weighted by molar-refractivity contribution is 5.70. The van der Waals surface area contributed by atoms with Crippen molar-refractivity contribution in [2.45, 2.75) is 212 Å². The molecule has 2 atom stereocenters. The van der Waals surface area contributed by atoms with Crippen LogP contribution >= 0.6 is 0 Å². The molecule has 0 rings (SSSR count). The smallest absolute Gasteiger partial charge is 0.306 e. The zero-order valence-electron chi connectivity index (χ0n) is 40.5. The number of carbonyl (C=O) groups excluding carboxylic acids is 3. The minimum Gasteiger partial charge on any atom is -0.544 e. The van der Waals surface area contributed by atoms with Crippen LogP contribution in [0.3, 0.4) is 0 Å². The third-order valence-corrected chi connectivity index (χ3v) is 10.9. The van der Waals surface area contributed by atoms with E-state index >= 15 is 0 Å². The molecule has 62 heavy (non-hydrogen) atoms. The number of likely N-dealkylation sites (N-methyl/N-ethyl adjacent to an activating group) is 1. The topological polar surface area (TPSA) is 102 Å². The number of unbranched alkanes of at least 4 members (excludes halogenated alkanes) is 18. The molecule has 0 saturated carbocycles. The van der Waals surface area contributed by atoms with Crippen molar-refractivity contribution in [3.63, 3.8) is 0 Å². The van der Waals surface area contributed by atoms with E-state index in [0.717, 1.165) is 57.8 Å². The lowest BCUT2D eigenvalue weighted by molar-refractivity contribution is -0.889. The summed E-state index contributed by atoms with van der Waals surface area (Å²) in [7, 11) is 5.39. The summed E-state index contributed by atoms with van der Waals surface area (Å²) >= 11 is 0. The number of quaternary nitrogens is 1. The van der Waals surface area contributed by atoms with E-state index in [4.69, 9.17) is 14.2 Å². The van der Waals surface area contributed by atoms with Crippen LogP contribution in [0.1, 0.15) is 200 Å². The average molecular weight is 868 g/mol. The molecule has 0 N–H and O–H groups in total. The van der Waals surface area contributed by atoms with E-state index in [1.807, 2.05) is 12.2 Å². The van der Waals surface area contributed by atoms with Gasteiger partial charge >= 0.3 is 11.9 Å². The van der Waals surface area contributed by atoms with Crippen molar-refractivity contribution in [1.82, 2.24) is 0 Å². The summed E-state index contributed by atoms with van der Waals surface area (Å²) in [6, 6.07) is -0.741. The van der Waals surface area contributed by atoms with Crippen LogP contribution < -0.4 is 5.11 Å².